The molecule has 1 aromatic heterocycles. The molecule has 2 aromatic rings. The third kappa shape index (κ3) is 3.97. The van der Waals surface area contributed by atoms with Crippen LogP contribution >= 0.6 is 0 Å². The average molecular weight is 325 g/mol. The smallest absolute Gasteiger partial charge is 0.337 e. The number of hydrogen-bond acceptors (Lipinski definition) is 6. The fourth-order valence-corrected chi connectivity index (χ4v) is 2.44. The van der Waals surface area contributed by atoms with Crippen LogP contribution < -0.4 is 4.90 Å². The summed E-state index contributed by atoms with van der Waals surface area (Å²) in [6.45, 7) is 3.00. The van der Waals surface area contributed by atoms with Crippen LogP contribution in [0.2, 0.25) is 0 Å². The number of ether oxygens (including phenoxy) is 2. The Morgan fingerprint density at radius 1 is 1.25 bits per heavy atom. The third-order valence-corrected chi connectivity index (χ3v) is 3.71. The molecule has 1 fully saturated rings. The minimum Gasteiger partial charge on any atom is -0.465 e. The molecule has 1 aliphatic heterocycles. The molecule has 0 unspecified atom stereocenters. The Balaban J connectivity index is 1.76. The molecule has 6 nitrogen and oxygen atoms in total. The third-order valence-electron chi connectivity index (χ3n) is 3.71. The quantitative estimate of drug-likeness (QED) is 0.804. The van der Waals surface area contributed by atoms with E-state index in [-0.39, 0.29) is 5.97 Å². The highest BCUT2D eigenvalue weighted by Gasteiger charge is 2.13. The van der Waals surface area contributed by atoms with Crippen LogP contribution in [0.4, 0.5) is 5.95 Å². The summed E-state index contributed by atoms with van der Waals surface area (Å²) in [4.78, 5) is 22.6. The number of nitrogens with zero attached hydrogens (tertiary/aromatic N) is 3. The number of methoxy groups -OCH3 is 1. The van der Waals surface area contributed by atoms with Crippen molar-refractivity contribution in [1.82, 2.24) is 9.97 Å². The van der Waals surface area contributed by atoms with Gasteiger partial charge in [0.2, 0.25) is 5.95 Å². The fourth-order valence-electron chi connectivity index (χ4n) is 2.44. The molecular weight excluding hydrogens is 306 g/mol. The van der Waals surface area contributed by atoms with Gasteiger partial charge >= 0.3 is 5.97 Å². The van der Waals surface area contributed by atoms with Crippen LogP contribution in [0.3, 0.4) is 0 Å². The number of anilines is 1. The van der Waals surface area contributed by atoms with Gasteiger partial charge in [-0.15, -0.1) is 0 Å². The molecule has 0 bridgehead atoms. The predicted molar refractivity (Wildman–Crippen MR) is 91.8 cm³/mol. The highest BCUT2D eigenvalue weighted by Crippen LogP contribution is 2.13. The van der Waals surface area contributed by atoms with Crippen molar-refractivity contribution < 1.29 is 14.3 Å². The van der Waals surface area contributed by atoms with E-state index in [4.69, 9.17) is 9.47 Å². The van der Waals surface area contributed by atoms with Crippen LogP contribution in [-0.4, -0.2) is 49.4 Å². The fraction of sp³-hybridized carbons (Fsp3) is 0.278. The lowest BCUT2D eigenvalue weighted by Crippen LogP contribution is -2.37. The molecule has 1 aromatic carbocycles. The maximum absolute atomic E-state index is 11.6. The van der Waals surface area contributed by atoms with Gasteiger partial charge in [-0.3, -0.25) is 0 Å². The van der Waals surface area contributed by atoms with Crippen molar-refractivity contribution in [3.63, 3.8) is 0 Å². The van der Waals surface area contributed by atoms with Crippen molar-refractivity contribution in [3.8, 4) is 0 Å². The molecule has 24 heavy (non-hydrogen) atoms. The van der Waals surface area contributed by atoms with Gasteiger partial charge in [-0.05, 0) is 29.8 Å². The van der Waals surface area contributed by atoms with Crippen LogP contribution in [0.25, 0.3) is 12.2 Å². The first kappa shape index (κ1) is 16.1. The van der Waals surface area contributed by atoms with Gasteiger partial charge in [-0.2, -0.15) is 0 Å². The van der Waals surface area contributed by atoms with Gasteiger partial charge < -0.3 is 14.4 Å². The van der Waals surface area contributed by atoms with E-state index >= 15 is 0 Å². The first-order valence-corrected chi connectivity index (χ1v) is 7.78. The molecule has 0 amide bonds. The first-order chi connectivity index (χ1) is 11.8. The van der Waals surface area contributed by atoms with Crippen molar-refractivity contribution in [2.45, 2.75) is 0 Å². The van der Waals surface area contributed by atoms with Gasteiger partial charge in [0.05, 0.1) is 31.6 Å². The molecule has 0 spiro atoms. The van der Waals surface area contributed by atoms with E-state index in [0.29, 0.717) is 24.7 Å². The molecule has 0 saturated carbocycles. The minimum atomic E-state index is -0.345. The molecule has 1 aliphatic rings. The summed E-state index contributed by atoms with van der Waals surface area (Å²) in [6, 6.07) is 9.11. The lowest BCUT2D eigenvalue weighted by molar-refractivity contribution is 0.0600. The second-order valence-electron chi connectivity index (χ2n) is 5.33. The van der Waals surface area contributed by atoms with Crippen LogP contribution in [0.1, 0.15) is 21.6 Å². The molecule has 6 heteroatoms. The highest BCUT2D eigenvalue weighted by atomic mass is 16.5. The van der Waals surface area contributed by atoms with Crippen LogP contribution in [0.15, 0.2) is 36.5 Å². The van der Waals surface area contributed by atoms with E-state index in [1.54, 1.807) is 18.3 Å². The Kier molecular flexibility index (Phi) is 5.18. The number of benzene rings is 1. The Morgan fingerprint density at radius 2 is 2.08 bits per heavy atom. The van der Waals surface area contributed by atoms with E-state index < -0.39 is 0 Å². The summed E-state index contributed by atoms with van der Waals surface area (Å²) >= 11 is 0. The summed E-state index contributed by atoms with van der Waals surface area (Å²) < 4.78 is 10.1. The molecular formula is C18H19N3O3. The number of carbonyl (C=O) groups excluding carboxylic acids is 1. The first-order valence-electron chi connectivity index (χ1n) is 7.78. The molecule has 0 aliphatic carbocycles. The molecule has 124 valence electrons. The molecule has 0 radical (unpaired) electrons. The number of esters is 1. The van der Waals surface area contributed by atoms with Crippen LogP contribution in [-0.2, 0) is 9.47 Å². The molecule has 3 rings (SSSR count). The Labute approximate surface area is 140 Å². The van der Waals surface area contributed by atoms with Gasteiger partial charge in [0, 0.05) is 19.3 Å². The van der Waals surface area contributed by atoms with Gasteiger partial charge in [-0.1, -0.05) is 18.2 Å². The summed E-state index contributed by atoms with van der Waals surface area (Å²) in [5, 5.41) is 0. The summed E-state index contributed by atoms with van der Waals surface area (Å²) in [6.07, 6.45) is 5.57. The number of aromatic nitrogens is 2. The Hall–Kier alpha value is -2.73. The lowest BCUT2D eigenvalue weighted by Gasteiger charge is -2.26. The van der Waals surface area contributed by atoms with E-state index in [0.717, 1.165) is 24.3 Å². The van der Waals surface area contributed by atoms with Gasteiger partial charge in [-0.25, -0.2) is 14.8 Å². The lowest BCUT2D eigenvalue weighted by atomic mass is 10.1. The average Bonchev–Trinajstić information content (AvgIpc) is 2.67. The van der Waals surface area contributed by atoms with Crippen molar-refractivity contribution in [2.75, 3.05) is 38.3 Å². The number of morpholine rings is 1. The Bertz CT molecular complexity index is 740. The molecule has 0 N–H and O–H groups in total. The topological polar surface area (TPSA) is 64.5 Å². The molecule has 0 atom stereocenters. The summed E-state index contributed by atoms with van der Waals surface area (Å²) in [5.74, 6) is 0.366. The van der Waals surface area contributed by atoms with E-state index in [1.165, 1.54) is 7.11 Å². The maximum atomic E-state index is 11.6. The molecule has 2 heterocycles. The highest BCUT2D eigenvalue weighted by molar-refractivity contribution is 5.90. The van der Waals surface area contributed by atoms with Gasteiger partial charge in [0.1, 0.15) is 0 Å². The van der Waals surface area contributed by atoms with Crippen molar-refractivity contribution in [1.29, 1.82) is 0 Å². The molecule has 1 saturated heterocycles. The Morgan fingerprint density at radius 3 is 2.88 bits per heavy atom. The normalized spacial score (nSPS) is 14.8. The maximum Gasteiger partial charge on any atom is 0.337 e. The summed E-state index contributed by atoms with van der Waals surface area (Å²) in [5.41, 5.74) is 2.25. The van der Waals surface area contributed by atoms with E-state index in [1.807, 2.05) is 30.4 Å². The largest absolute Gasteiger partial charge is 0.465 e. The zero-order valence-corrected chi connectivity index (χ0v) is 13.5. The standard InChI is InChI=1S/C18H19N3O3/c1-23-17(22)15-4-2-3-14(13-15)5-6-16-7-8-19-18(20-16)21-9-11-24-12-10-21/h2-8,13H,9-12H2,1H3. The number of carbonyl (C=O) groups is 1. The second kappa shape index (κ2) is 7.70. The second-order valence-corrected chi connectivity index (χ2v) is 5.33. The SMILES string of the molecule is COC(=O)c1cccc(C=Cc2ccnc(N3CCOCC3)n2)c1. The number of hydrogen-bond donors (Lipinski definition) is 0. The van der Waals surface area contributed by atoms with Crippen molar-refractivity contribution >= 4 is 24.1 Å². The zero-order valence-electron chi connectivity index (χ0n) is 13.5. The van der Waals surface area contributed by atoms with E-state index in [9.17, 15) is 4.79 Å². The van der Waals surface area contributed by atoms with Gasteiger partial charge in [0.25, 0.3) is 0 Å². The van der Waals surface area contributed by atoms with E-state index in [2.05, 4.69) is 14.9 Å². The van der Waals surface area contributed by atoms with Gasteiger partial charge in [0.15, 0.2) is 0 Å². The number of rotatable bonds is 4. The van der Waals surface area contributed by atoms with Crippen LogP contribution in [0.5, 0.6) is 0 Å². The minimum absolute atomic E-state index is 0.345. The monoisotopic (exact) mass is 325 g/mol. The zero-order chi connectivity index (χ0) is 16.8. The predicted octanol–water partition coefficient (Wildman–Crippen LogP) is 2.27. The van der Waals surface area contributed by atoms with Crippen LogP contribution in [0, 0.1) is 0 Å². The van der Waals surface area contributed by atoms with Crippen molar-refractivity contribution in [3.05, 3.63) is 53.3 Å². The van der Waals surface area contributed by atoms with Crippen molar-refractivity contribution in [2.24, 2.45) is 0 Å². The summed E-state index contributed by atoms with van der Waals surface area (Å²) in [7, 11) is 1.37.